The van der Waals surface area contributed by atoms with Gasteiger partial charge in [0.2, 0.25) is 0 Å². The Morgan fingerprint density at radius 2 is 2.14 bits per heavy atom. The van der Waals surface area contributed by atoms with Crippen LogP contribution >= 0.6 is 0 Å². The third-order valence-corrected chi connectivity index (χ3v) is 2.68. The van der Waals surface area contributed by atoms with Gasteiger partial charge < -0.3 is 5.11 Å². The van der Waals surface area contributed by atoms with Crippen LogP contribution < -0.4 is 0 Å². The second kappa shape index (κ2) is 4.09. The minimum Gasteiger partial charge on any atom is -0.396 e. The number of rotatable bonds is 3. The van der Waals surface area contributed by atoms with Crippen LogP contribution in [0.5, 0.6) is 0 Å². The number of aromatic nitrogens is 3. The summed E-state index contributed by atoms with van der Waals surface area (Å²) in [6, 6.07) is 0. The van der Waals surface area contributed by atoms with Gasteiger partial charge in [0.25, 0.3) is 0 Å². The van der Waals surface area contributed by atoms with Gasteiger partial charge in [-0.05, 0) is 11.3 Å². The molecule has 0 saturated carbocycles. The topological polar surface area (TPSA) is 50.9 Å². The third kappa shape index (κ3) is 2.54. The predicted octanol–water partition coefficient (Wildman–Crippen LogP) is 1.01. The van der Waals surface area contributed by atoms with Gasteiger partial charge in [-0.25, -0.2) is 4.98 Å². The lowest BCUT2D eigenvalue weighted by Crippen LogP contribution is -2.27. The lowest BCUT2D eigenvalue weighted by atomic mass is 9.79. The van der Waals surface area contributed by atoms with Crippen LogP contribution in [0.4, 0.5) is 0 Å². The zero-order valence-electron chi connectivity index (χ0n) is 9.36. The Morgan fingerprint density at radius 3 is 2.50 bits per heavy atom. The summed E-state index contributed by atoms with van der Waals surface area (Å²) in [4.78, 5) is 4.16. The lowest BCUT2D eigenvalue weighted by molar-refractivity contribution is 0.128. The van der Waals surface area contributed by atoms with Crippen molar-refractivity contribution in [1.82, 2.24) is 14.8 Å². The van der Waals surface area contributed by atoms with Gasteiger partial charge in [0.15, 0.2) is 0 Å². The Labute approximate surface area is 85.0 Å². The maximum atomic E-state index is 9.29. The highest BCUT2D eigenvalue weighted by atomic mass is 16.3. The van der Waals surface area contributed by atoms with Crippen LogP contribution in [0.2, 0.25) is 0 Å². The van der Waals surface area contributed by atoms with Crippen LogP contribution in [-0.4, -0.2) is 26.5 Å². The second-order valence-electron chi connectivity index (χ2n) is 4.75. The van der Waals surface area contributed by atoms with Crippen LogP contribution in [-0.2, 0) is 13.5 Å². The van der Waals surface area contributed by atoms with Crippen molar-refractivity contribution in [3.63, 3.8) is 0 Å². The highest BCUT2D eigenvalue weighted by molar-refractivity contribution is 4.89. The molecule has 0 spiro atoms. The fraction of sp³-hybridized carbons (Fsp3) is 0.800. The quantitative estimate of drug-likeness (QED) is 0.787. The van der Waals surface area contributed by atoms with Crippen LogP contribution in [0.15, 0.2) is 6.33 Å². The average molecular weight is 197 g/mol. The first-order chi connectivity index (χ1) is 6.45. The number of hydrogen-bond acceptors (Lipinski definition) is 3. The van der Waals surface area contributed by atoms with Crippen LogP contribution in [0.25, 0.3) is 0 Å². The summed E-state index contributed by atoms with van der Waals surface area (Å²) in [6.45, 7) is 6.58. The predicted molar refractivity (Wildman–Crippen MR) is 54.7 cm³/mol. The molecule has 1 atom stereocenters. The van der Waals surface area contributed by atoms with Gasteiger partial charge in [-0.2, -0.15) is 5.10 Å². The minimum absolute atomic E-state index is 0.0979. The molecule has 0 aromatic carbocycles. The van der Waals surface area contributed by atoms with Crippen molar-refractivity contribution in [2.45, 2.75) is 27.2 Å². The van der Waals surface area contributed by atoms with Crippen molar-refractivity contribution in [3.05, 3.63) is 12.2 Å². The van der Waals surface area contributed by atoms with Crippen molar-refractivity contribution in [2.24, 2.45) is 18.4 Å². The summed E-state index contributed by atoms with van der Waals surface area (Å²) in [5, 5.41) is 13.3. The van der Waals surface area contributed by atoms with Crippen molar-refractivity contribution < 1.29 is 5.11 Å². The molecule has 1 unspecified atom stereocenters. The van der Waals surface area contributed by atoms with Crippen molar-refractivity contribution in [3.8, 4) is 0 Å². The molecular weight excluding hydrogens is 178 g/mol. The smallest absolute Gasteiger partial charge is 0.138 e. The van der Waals surface area contributed by atoms with Gasteiger partial charge in [-0.3, -0.25) is 4.68 Å². The fourth-order valence-electron chi connectivity index (χ4n) is 1.37. The molecule has 80 valence electrons. The maximum absolute atomic E-state index is 9.29. The van der Waals surface area contributed by atoms with E-state index < -0.39 is 0 Å². The molecule has 0 amide bonds. The fourth-order valence-corrected chi connectivity index (χ4v) is 1.37. The first-order valence-electron chi connectivity index (χ1n) is 4.89. The van der Waals surface area contributed by atoms with Gasteiger partial charge in [-0.1, -0.05) is 20.8 Å². The molecule has 14 heavy (non-hydrogen) atoms. The summed E-state index contributed by atoms with van der Waals surface area (Å²) in [6.07, 6.45) is 2.32. The third-order valence-electron chi connectivity index (χ3n) is 2.68. The molecule has 0 bridgehead atoms. The maximum Gasteiger partial charge on any atom is 0.138 e. The molecule has 0 aliphatic carbocycles. The highest BCUT2D eigenvalue weighted by Crippen LogP contribution is 2.27. The molecule has 4 heteroatoms. The lowest BCUT2D eigenvalue weighted by Gasteiger charge is -2.28. The standard InChI is InChI=1S/C10H19N3O/c1-10(2,3)8(6-14)5-9-11-7-12-13(9)4/h7-8,14H,5-6H2,1-4H3. The van der Waals surface area contributed by atoms with E-state index in [2.05, 4.69) is 30.9 Å². The van der Waals surface area contributed by atoms with E-state index in [9.17, 15) is 5.11 Å². The van der Waals surface area contributed by atoms with Gasteiger partial charge in [-0.15, -0.1) is 0 Å². The first kappa shape index (κ1) is 11.2. The SMILES string of the molecule is Cn1ncnc1CC(CO)C(C)(C)C. The Hall–Kier alpha value is -0.900. The molecule has 0 fully saturated rings. The van der Waals surface area contributed by atoms with Crippen LogP contribution in [0, 0.1) is 11.3 Å². The van der Waals surface area contributed by atoms with E-state index in [1.165, 1.54) is 0 Å². The number of aryl methyl sites for hydroxylation is 1. The number of aliphatic hydroxyl groups is 1. The van der Waals surface area contributed by atoms with E-state index in [1.807, 2.05) is 7.05 Å². The number of hydrogen-bond donors (Lipinski definition) is 1. The van der Waals surface area contributed by atoms with E-state index in [0.717, 1.165) is 12.2 Å². The minimum atomic E-state index is 0.0979. The summed E-state index contributed by atoms with van der Waals surface area (Å²) >= 11 is 0. The highest BCUT2D eigenvalue weighted by Gasteiger charge is 2.25. The van der Waals surface area contributed by atoms with Crippen molar-refractivity contribution >= 4 is 0 Å². The second-order valence-corrected chi connectivity index (χ2v) is 4.75. The summed E-state index contributed by atoms with van der Waals surface area (Å²) in [5.41, 5.74) is 0.0979. The van der Waals surface area contributed by atoms with Gasteiger partial charge >= 0.3 is 0 Å². The van der Waals surface area contributed by atoms with Gasteiger partial charge in [0, 0.05) is 20.1 Å². The van der Waals surface area contributed by atoms with E-state index in [0.29, 0.717) is 0 Å². The normalized spacial score (nSPS) is 14.4. The van der Waals surface area contributed by atoms with Gasteiger partial charge in [0.05, 0.1) is 0 Å². The molecular formula is C10H19N3O. The zero-order chi connectivity index (χ0) is 10.8. The largest absolute Gasteiger partial charge is 0.396 e. The Morgan fingerprint density at radius 1 is 1.50 bits per heavy atom. The first-order valence-corrected chi connectivity index (χ1v) is 4.89. The van der Waals surface area contributed by atoms with Crippen LogP contribution in [0.3, 0.4) is 0 Å². The molecule has 1 aromatic rings. The summed E-state index contributed by atoms with van der Waals surface area (Å²) in [7, 11) is 1.87. The molecule has 0 aliphatic heterocycles. The number of aliphatic hydroxyl groups excluding tert-OH is 1. The average Bonchev–Trinajstić information content (AvgIpc) is 2.45. The van der Waals surface area contributed by atoms with E-state index in [-0.39, 0.29) is 17.9 Å². The molecule has 0 aliphatic rings. The molecule has 1 aromatic heterocycles. The molecule has 1 heterocycles. The van der Waals surface area contributed by atoms with Gasteiger partial charge in [0.1, 0.15) is 12.2 Å². The van der Waals surface area contributed by atoms with Crippen molar-refractivity contribution in [2.75, 3.05) is 6.61 Å². The summed E-state index contributed by atoms with van der Waals surface area (Å²) in [5.74, 6) is 1.16. The summed E-state index contributed by atoms with van der Waals surface area (Å²) < 4.78 is 1.76. The molecule has 1 rings (SSSR count). The monoisotopic (exact) mass is 197 g/mol. The van der Waals surface area contributed by atoms with E-state index >= 15 is 0 Å². The van der Waals surface area contributed by atoms with Crippen molar-refractivity contribution in [1.29, 1.82) is 0 Å². The molecule has 4 nitrogen and oxygen atoms in total. The number of nitrogens with zero attached hydrogens (tertiary/aromatic N) is 3. The Bertz CT molecular complexity index is 288. The van der Waals surface area contributed by atoms with Crippen LogP contribution in [0.1, 0.15) is 26.6 Å². The van der Waals surface area contributed by atoms with E-state index in [1.54, 1.807) is 11.0 Å². The van der Waals surface area contributed by atoms with E-state index in [4.69, 9.17) is 0 Å². The molecule has 0 saturated heterocycles. The molecule has 1 N–H and O–H groups in total. The Kier molecular flexibility index (Phi) is 3.26. The molecule has 0 radical (unpaired) electrons. The zero-order valence-corrected chi connectivity index (χ0v) is 9.36. The Balaban J connectivity index is 2.71.